The van der Waals surface area contributed by atoms with E-state index in [0.717, 1.165) is 158 Å². The van der Waals surface area contributed by atoms with Crippen molar-refractivity contribution >= 4 is 110 Å². The third kappa shape index (κ3) is 18.2. The van der Waals surface area contributed by atoms with E-state index in [1.54, 1.807) is 32.4 Å². The van der Waals surface area contributed by atoms with Crippen LogP contribution >= 0.6 is 0 Å². The molecule has 0 fully saturated rings. The lowest BCUT2D eigenvalue weighted by Crippen LogP contribution is -2.32. The van der Waals surface area contributed by atoms with Gasteiger partial charge in [-0.05, 0) is 261 Å². The largest absolute Gasteiger partial charge is 0.437 e. The second-order valence-corrected chi connectivity index (χ2v) is 38.7. The zero-order chi connectivity index (χ0) is 97.4. The molecule has 0 atom stereocenters. The van der Waals surface area contributed by atoms with Crippen LogP contribution in [-0.2, 0) is 60.9 Å². The quantitative estimate of drug-likeness (QED) is 0.0963. The van der Waals surface area contributed by atoms with Crippen molar-refractivity contribution in [1.29, 1.82) is 0 Å². The van der Waals surface area contributed by atoms with Gasteiger partial charge in [-0.25, -0.2) is 47.8 Å². The Morgan fingerprint density at radius 3 is 0.758 bits per heavy atom. The molecule has 672 valence electrons. The first-order chi connectivity index (χ1) is 64.5. The number of aromatic nitrogens is 10. The van der Waals surface area contributed by atoms with E-state index < -0.39 is 12.7 Å². The summed E-state index contributed by atoms with van der Waals surface area (Å²) < 4.78 is 74.2. The summed E-state index contributed by atoms with van der Waals surface area (Å²) in [6.07, 6.45) is 18.6. The third-order valence-corrected chi connectivity index (χ3v) is 25.8. The number of benzene rings is 5. The van der Waals surface area contributed by atoms with Crippen LogP contribution < -0.4 is 22.8 Å². The smallest absolute Gasteiger partial charge is 0.227 e. The maximum Gasteiger partial charge on any atom is 0.227 e. The van der Waals surface area contributed by atoms with Crippen molar-refractivity contribution in [3.63, 3.8) is 0 Å². The molecule has 15 heterocycles. The van der Waals surface area contributed by atoms with Crippen LogP contribution in [0.5, 0.6) is 0 Å². The standard InChI is InChI=1S/2C24H27N2O.3C23H25N2O/c2*1-14(2)11-18-13-26(6)21(12-16(18)4)22-15(3)7-9-19-20-10-8-17(5)25-24(20)27-23(19)22;1-13(2)19-11-20(25(6)12-15(19)4)21-14(3)7-9-17-18-10-8-16(5)24-23(18)26-22(17)21;2*1-14(2)11-17-13-25(5)20(12-16(17)4)21-15(3)8-9-18-19-7-6-10-24-23(19)26-22(18)21/h2*7-10,12-14H,11H2,1-6H3;7-13H,1-6H3;2*6-10,12-14H,11H2,1-5H3/q5*+1/i;;4D3,13D;;. The highest BCUT2D eigenvalue weighted by Crippen LogP contribution is 2.44. The molecule has 0 bridgehead atoms. The van der Waals surface area contributed by atoms with Crippen molar-refractivity contribution in [1.82, 2.24) is 24.9 Å². The Bertz CT molecular complexity index is 7700. The molecule has 20 aromatic rings. The normalized spacial score (nSPS) is 12.4. The van der Waals surface area contributed by atoms with Crippen molar-refractivity contribution in [2.75, 3.05) is 0 Å². The molecule has 5 aromatic carbocycles. The molecule has 20 rings (SSSR count). The summed E-state index contributed by atoms with van der Waals surface area (Å²) in [5.74, 6) is 1.51. The summed E-state index contributed by atoms with van der Waals surface area (Å²) in [4.78, 5) is 22.5. The first kappa shape index (κ1) is 86.6. The highest BCUT2D eigenvalue weighted by molar-refractivity contribution is 6.13. The molecule has 0 aliphatic heterocycles. The van der Waals surface area contributed by atoms with Gasteiger partial charge in [0.1, 0.15) is 35.2 Å². The number of nitrogens with zero attached hydrogens (tertiary/aromatic N) is 10. The Kier molecular flexibility index (Phi) is 24.6. The second kappa shape index (κ2) is 37.5. The van der Waals surface area contributed by atoms with Gasteiger partial charge in [0, 0.05) is 147 Å². The lowest BCUT2D eigenvalue weighted by molar-refractivity contribution is -0.661. The molecule has 0 saturated carbocycles. The van der Waals surface area contributed by atoms with Gasteiger partial charge in [-0.2, -0.15) is 0 Å². The predicted molar refractivity (Wildman–Crippen MR) is 540 cm³/mol. The molecular weight excluding hydrogens is 1630 g/mol. The Morgan fingerprint density at radius 1 is 0.273 bits per heavy atom. The molecule has 0 radical (unpaired) electrons. The number of hydrogen-bond donors (Lipinski definition) is 0. The van der Waals surface area contributed by atoms with Gasteiger partial charge in [-0.15, -0.1) is 0 Å². The van der Waals surface area contributed by atoms with Gasteiger partial charge in [-0.3, -0.25) is 0 Å². The van der Waals surface area contributed by atoms with E-state index in [1.807, 2.05) is 93.9 Å². The third-order valence-electron chi connectivity index (χ3n) is 25.8. The number of pyridine rings is 10. The average molecular weight is 1760 g/mol. The molecule has 0 saturated heterocycles. The first-order valence-corrected chi connectivity index (χ1v) is 46.4. The van der Waals surface area contributed by atoms with Crippen LogP contribution in [0.4, 0.5) is 0 Å². The molecule has 0 unspecified atom stereocenters. The summed E-state index contributed by atoms with van der Waals surface area (Å²) in [6, 6.07) is 52.7. The van der Waals surface area contributed by atoms with Gasteiger partial charge in [0.25, 0.3) is 0 Å². The minimum Gasteiger partial charge on any atom is -0.437 e. The molecule has 0 aliphatic rings. The van der Waals surface area contributed by atoms with Crippen LogP contribution in [0.25, 0.3) is 167 Å². The molecule has 15 aromatic heterocycles. The monoisotopic (exact) mass is 1760 g/mol. The van der Waals surface area contributed by atoms with E-state index >= 15 is 0 Å². The van der Waals surface area contributed by atoms with Crippen LogP contribution in [0.2, 0.25) is 0 Å². The summed E-state index contributed by atoms with van der Waals surface area (Å²) in [5, 5.41) is 10.7. The van der Waals surface area contributed by atoms with E-state index in [4.69, 9.17) is 27.6 Å². The van der Waals surface area contributed by atoms with E-state index in [1.165, 1.54) is 89.5 Å². The molecular formula is C117H129N10O5+5. The van der Waals surface area contributed by atoms with Gasteiger partial charge in [0.2, 0.25) is 57.0 Å². The summed E-state index contributed by atoms with van der Waals surface area (Å²) in [5.41, 5.74) is 39.1. The summed E-state index contributed by atoms with van der Waals surface area (Å²) in [7, 11) is 10.3. The van der Waals surface area contributed by atoms with Crippen molar-refractivity contribution < 1.29 is 50.4 Å². The number of furan rings is 5. The summed E-state index contributed by atoms with van der Waals surface area (Å²) in [6.45, 7) is 44.6. The first-order valence-electron chi connectivity index (χ1n) is 48.4. The lowest BCUT2D eigenvalue weighted by Gasteiger charge is -2.12. The molecule has 0 N–H and O–H groups in total. The Balaban J connectivity index is 0.000000123. The molecule has 0 aliphatic carbocycles. The fourth-order valence-corrected chi connectivity index (χ4v) is 19.0. The van der Waals surface area contributed by atoms with Gasteiger partial charge < -0.3 is 22.1 Å². The molecule has 0 amide bonds. The second-order valence-electron chi connectivity index (χ2n) is 38.7. The van der Waals surface area contributed by atoms with E-state index in [2.05, 4.69) is 304 Å². The highest BCUT2D eigenvalue weighted by atomic mass is 16.4. The topological polar surface area (TPSA) is 150 Å². The maximum absolute atomic E-state index is 8.56. The van der Waals surface area contributed by atoms with Crippen LogP contribution in [0.1, 0.15) is 181 Å². The van der Waals surface area contributed by atoms with E-state index in [0.29, 0.717) is 63.4 Å². The van der Waals surface area contributed by atoms with Crippen molar-refractivity contribution in [2.45, 2.75) is 191 Å². The van der Waals surface area contributed by atoms with Crippen LogP contribution in [-0.4, -0.2) is 24.9 Å². The summed E-state index contributed by atoms with van der Waals surface area (Å²) >= 11 is 0. The van der Waals surface area contributed by atoms with Crippen LogP contribution in [0.15, 0.2) is 217 Å². The Hall–Kier alpha value is -13.4. The SMILES string of the molecule is Cc1cc(-c2c(C)ccc3c2oc2ncccc23)[n+](C)cc1CC(C)C.Cc1cc(-c2c(C)ccc3c2oc2ncccc23)[n+](C)cc1CC(C)C.Cc1ccc2c(n1)oc1c(-c3cc(C)c(CC(C)C)c[n+]3C)c(C)ccc12.Cc1ccc2c(n1)oc1c(-c3cc(C)c(CC(C)C)c[n+]3C)c(C)ccc12.[2H]C([2H])([2H])c1c[n+](C)c(-c2c(C)ccc3c2oc2nc(C)ccc23)cc1C([2H])(C)C. The molecule has 15 heteroatoms. The van der Waals surface area contributed by atoms with Crippen molar-refractivity contribution in [3.8, 4) is 56.3 Å². The molecule has 0 spiro atoms. The minimum absolute atomic E-state index is 0.195. The fraction of sp³-hybridized carbons (Fsp3) is 0.316. The van der Waals surface area contributed by atoms with Crippen LogP contribution in [0.3, 0.4) is 0 Å². The zero-order valence-electron chi connectivity index (χ0n) is 86.1. The van der Waals surface area contributed by atoms with Gasteiger partial charge >= 0.3 is 0 Å². The average Bonchev–Trinajstić information content (AvgIpc) is 0.874. The zero-order valence-corrected chi connectivity index (χ0v) is 82.1. The van der Waals surface area contributed by atoms with E-state index in [9.17, 15) is 0 Å². The molecule has 15 nitrogen and oxygen atoms in total. The Morgan fingerprint density at radius 2 is 0.508 bits per heavy atom. The number of aryl methyl sites for hydroxylation is 18. The minimum atomic E-state index is -2.30. The van der Waals surface area contributed by atoms with Crippen molar-refractivity contribution in [3.05, 3.63) is 296 Å². The van der Waals surface area contributed by atoms with E-state index in [-0.39, 0.29) is 5.56 Å². The van der Waals surface area contributed by atoms with Crippen LogP contribution in [0, 0.1) is 114 Å². The van der Waals surface area contributed by atoms with Gasteiger partial charge in [0.05, 0.1) is 27.8 Å². The van der Waals surface area contributed by atoms with Gasteiger partial charge in [0.15, 0.2) is 58.9 Å². The number of rotatable bonds is 14. The fourth-order valence-electron chi connectivity index (χ4n) is 19.0. The van der Waals surface area contributed by atoms with Gasteiger partial charge in [-0.1, -0.05) is 130 Å². The maximum atomic E-state index is 8.56. The highest BCUT2D eigenvalue weighted by Gasteiger charge is 2.30. The number of fused-ring (bicyclic) bond motifs is 15. The predicted octanol–water partition coefficient (Wildman–Crippen LogP) is 27.3. The Labute approximate surface area is 782 Å². The number of hydrogen-bond acceptors (Lipinski definition) is 10. The van der Waals surface area contributed by atoms with Crippen molar-refractivity contribution in [2.24, 2.45) is 58.9 Å². The molecule has 132 heavy (non-hydrogen) atoms. The lowest BCUT2D eigenvalue weighted by atomic mass is 9.94.